The molecule has 7 nitrogen and oxygen atoms in total. The van der Waals surface area contributed by atoms with Crippen LogP contribution < -0.4 is 0 Å². The van der Waals surface area contributed by atoms with Gasteiger partial charge in [-0.2, -0.15) is 0 Å². The van der Waals surface area contributed by atoms with Gasteiger partial charge in [0.1, 0.15) is 18.0 Å². The fourth-order valence-corrected chi connectivity index (χ4v) is 4.91. The lowest BCUT2D eigenvalue weighted by molar-refractivity contribution is -0.152. The van der Waals surface area contributed by atoms with Crippen molar-refractivity contribution < 1.29 is 34.1 Å². The molecular formula is C23H24O7. The molecule has 2 aliphatic carbocycles. The van der Waals surface area contributed by atoms with Crippen LogP contribution >= 0.6 is 0 Å². The van der Waals surface area contributed by atoms with Crippen LogP contribution in [0, 0.1) is 17.8 Å². The summed E-state index contributed by atoms with van der Waals surface area (Å²) in [7, 11) is 0. The number of carbonyl (C=O) groups excluding carboxylic acids is 3. The average molecular weight is 412 g/mol. The highest BCUT2D eigenvalue weighted by atomic mass is 16.6. The number of allylic oxidation sites excluding steroid dienone is 1. The van der Waals surface area contributed by atoms with Crippen molar-refractivity contribution in [3.8, 4) is 5.75 Å². The summed E-state index contributed by atoms with van der Waals surface area (Å²) in [6.07, 6.45) is 0.502. The fraction of sp³-hybridized carbons (Fsp3) is 0.435. The van der Waals surface area contributed by atoms with Gasteiger partial charge in [0.15, 0.2) is 5.78 Å². The van der Waals surface area contributed by atoms with Crippen LogP contribution in [0.4, 0.5) is 0 Å². The van der Waals surface area contributed by atoms with Gasteiger partial charge < -0.3 is 19.7 Å². The smallest absolute Gasteiger partial charge is 0.310 e. The Morgan fingerprint density at radius 2 is 1.93 bits per heavy atom. The lowest BCUT2D eigenvalue weighted by Gasteiger charge is -2.29. The minimum absolute atomic E-state index is 0.0249. The molecule has 0 radical (unpaired) electrons. The first-order valence-corrected chi connectivity index (χ1v) is 10.0. The Labute approximate surface area is 174 Å². The summed E-state index contributed by atoms with van der Waals surface area (Å²) in [5.41, 5.74) is 2.54. The first-order valence-electron chi connectivity index (χ1n) is 10.0. The Hall–Kier alpha value is -2.93. The summed E-state index contributed by atoms with van der Waals surface area (Å²) in [4.78, 5) is 37.6. The quantitative estimate of drug-likeness (QED) is 0.727. The molecule has 4 rings (SSSR count). The van der Waals surface area contributed by atoms with Crippen LogP contribution in [0.25, 0.3) is 0 Å². The van der Waals surface area contributed by atoms with Crippen LogP contribution in [-0.4, -0.2) is 46.7 Å². The number of esters is 2. The van der Waals surface area contributed by atoms with E-state index in [1.807, 2.05) is 6.92 Å². The number of carbonyl (C=O) groups is 3. The van der Waals surface area contributed by atoms with Gasteiger partial charge >= 0.3 is 11.9 Å². The molecular weight excluding hydrogens is 388 g/mol. The van der Waals surface area contributed by atoms with Crippen LogP contribution in [0.3, 0.4) is 0 Å². The number of hydrogen-bond acceptors (Lipinski definition) is 7. The molecule has 3 aliphatic rings. The molecule has 1 aromatic carbocycles. The zero-order valence-corrected chi connectivity index (χ0v) is 16.8. The van der Waals surface area contributed by atoms with Crippen molar-refractivity contribution in [1.29, 1.82) is 0 Å². The molecule has 158 valence electrons. The number of benzene rings is 1. The van der Waals surface area contributed by atoms with E-state index in [1.54, 1.807) is 19.1 Å². The molecule has 0 aromatic heterocycles. The van der Waals surface area contributed by atoms with Crippen molar-refractivity contribution in [2.75, 3.05) is 6.61 Å². The van der Waals surface area contributed by atoms with Gasteiger partial charge in [-0.15, -0.1) is 0 Å². The maximum absolute atomic E-state index is 12.6. The number of rotatable bonds is 4. The van der Waals surface area contributed by atoms with Crippen LogP contribution in [-0.2, 0) is 30.3 Å². The van der Waals surface area contributed by atoms with Crippen molar-refractivity contribution in [3.05, 3.63) is 52.6 Å². The second-order valence-electron chi connectivity index (χ2n) is 8.26. The molecule has 0 saturated carbocycles. The number of aliphatic hydroxyl groups excluding tert-OH is 1. The number of ether oxygens (including phenoxy) is 2. The van der Waals surface area contributed by atoms with E-state index < -0.39 is 35.9 Å². The van der Waals surface area contributed by atoms with Gasteiger partial charge in [-0.1, -0.05) is 24.6 Å². The Balaban J connectivity index is 1.62. The van der Waals surface area contributed by atoms with Gasteiger partial charge in [-0.25, -0.2) is 0 Å². The van der Waals surface area contributed by atoms with Gasteiger partial charge in [0.05, 0.1) is 18.9 Å². The van der Waals surface area contributed by atoms with E-state index in [2.05, 4.69) is 0 Å². The maximum Gasteiger partial charge on any atom is 0.310 e. The lowest BCUT2D eigenvalue weighted by atomic mass is 9.79. The van der Waals surface area contributed by atoms with Gasteiger partial charge in [0.25, 0.3) is 0 Å². The molecule has 3 unspecified atom stereocenters. The molecule has 1 aromatic rings. The Morgan fingerprint density at radius 3 is 2.60 bits per heavy atom. The van der Waals surface area contributed by atoms with Crippen molar-refractivity contribution in [3.63, 3.8) is 0 Å². The third-order valence-electron chi connectivity index (χ3n) is 6.35. The first kappa shape index (κ1) is 20.3. The molecule has 0 bridgehead atoms. The summed E-state index contributed by atoms with van der Waals surface area (Å²) < 4.78 is 11.5. The second kappa shape index (κ2) is 7.72. The summed E-state index contributed by atoms with van der Waals surface area (Å²) in [5.74, 6) is -2.33. The fourth-order valence-electron chi connectivity index (χ4n) is 4.91. The molecule has 7 heteroatoms. The van der Waals surface area contributed by atoms with Crippen molar-refractivity contribution >= 4 is 17.7 Å². The van der Waals surface area contributed by atoms with Gasteiger partial charge in [-0.05, 0) is 36.3 Å². The SMILES string of the molecule is CC1=C2C(=O)C=C(CO)C2[C@H]2OC(=O)C(C)C2[C@@H](OC(=O)Cc2ccc(O)cc2)C1. The van der Waals surface area contributed by atoms with E-state index in [4.69, 9.17) is 9.47 Å². The summed E-state index contributed by atoms with van der Waals surface area (Å²) in [6, 6.07) is 6.29. The Morgan fingerprint density at radius 1 is 1.23 bits per heavy atom. The zero-order valence-electron chi connectivity index (χ0n) is 16.8. The maximum atomic E-state index is 12.6. The molecule has 0 amide bonds. The van der Waals surface area contributed by atoms with E-state index in [0.717, 1.165) is 5.57 Å². The number of phenolic OH excluding ortho intramolecular Hbond substituents is 1. The van der Waals surface area contributed by atoms with E-state index >= 15 is 0 Å². The molecule has 5 atom stereocenters. The average Bonchev–Trinajstić information content (AvgIpc) is 3.15. The normalized spacial score (nSPS) is 30.4. The number of aromatic hydroxyl groups is 1. The predicted octanol–water partition coefficient (Wildman–Crippen LogP) is 1.86. The van der Waals surface area contributed by atoms with E-state index in [-0.39, 0.29) is 30.5 Å². The zero-order chi connectivity index (χ0) is 21.6. The number of phenols is 1. The minimum atomic E-state index is -0.656. The van der Waals surface area contributed by atoms with Crippen LogP contribution in [0.2, 0.25) is 0 Å². The standard InChI is InChI=1S/C23H24O7/c1-11-7-17(29-18(27)8-13-3-5-15(25)6-4-13)20-12(2)23(28)30-22(20)21-14(10-24)9-16(26)19(11)21/h3-6,9,12,17,20-22,24-25H,7-8,10H2,1-2H3/t12?,17-,20?,21?,22-/m0/s1. The predicted molar refractivity (Wildman–Crippen MR) is 105 cm³/mol. The Bertz CT molecular complexity index is 956. The van der Waals surface area contributed by atoms with Gasteiger partial charge in [0, 0.05) is 23.8 Å². The first-order chi connectivity index (χ1) is 14.3. The Kier molecular flexibility index (Phi) is 5.24. The van der Waals surface area contributed by atoms with Crippen LogP contribution in [0.5, 0.6) is 5.75 Å². The van der Waals surface area contributed by atoms with Gasteiger partial charge in [-0.3, -0.25) is 14.4 Å². The van der Waals surface area contributed by atoms with E-state index in [0.29, 0.717) is 23.1 Å². The summed E-state index contributed by atoms with van der Waals surface area (Å²) in [6.45, 7) is 3.27. The van der Waals surface area contributed by atoms with Crippen molar-refractivity contribution in [1.82, 2.24) is 0 Å². The molecule has 2 N–H and O–H groups in total. The largest absolute Gasteiger partial charge is 0.508 e. The number of fused-ring (bicyclic) bond motifs is 3. The summed E-state index contributed by atoms with van der Waals surface area (Å²) in [5, 5.41) is 19.2. The molecule has 1 saturated heterocycles. The third-order valence-corrected chi connectivity index (χ3v) is 6.35. The van der Waals surface area contributed by atoms with Crippen molar-refractivity contribution in [2.45, 2.75) is 38.9 Å². The second-order valence-corrected chi connectivity index (χ2v) is 8.26. The number of ketones is 1. The monoisotopic (exact) mass is 412 g/mol. The van der Waals surface area contributed by atoms with E-state index in [1.165, 1.54) is 18.2 Å². The van der Waals surface area contributed by atoms with Gasteiger partial charge in [0.2, 0.25) is 0 Å². The number of hydrogen-bond donors (Lipinski definition) is 2. The number of aliphatic hydroxyl groups is 1. The van der Waals surface area contributed by atoms with Crippen LogP contribution in [0.15, 0.2) is 47.1 Å². The highest BCUT2D eigenvalue weighted by Gasteiger charge is 2.55. The van der Waals surface area contributed by atoms with E-state index in [9.17, 15) is 24.6 Å². The van der Waals surface area contributed by atoms with Crippen molar-refractivity contribution in [2.24, 2.45) is 17.8 Å². The molecule has 0 spiro atoms. The lowest BCUT2D eigenvalue weighted by Crippen LogP contribution is -2.38. The third kappa shape index (κ3) is 3.43. The minimum Gasteiger partial charge on any atom is -0.508 e. The highest BCUT2D eigenvalue weighted by molar-refractivity contribution is 6.09. The molecule has 30 heavy (non-hydrogen) atoms. The molecule has 1 aliphatic heterocycles. The summed E-state index contributed by atoms with van der Waals surface area (Å²) >= 11 is 0. The topological polar surface area (TPSA) is 110 Å². The molecule has 1 fully saturated rings. The molecule has 1 heterocycles. The van der Waals surface area contributed by atoms with Crippen LogP contribution in [0.1, 0.15) is 25.8 Å². The highest BCUT2D eigenvalue weighted by Crippen LogP contribution is 2.48.